The van der Waals surface area contributed by atoms with Crippen LogP contribution in [-0.2, 0) is 19.6 Å². The van der Waals surface area contributed by atoms with E-state index in [9.17, 15) is 0 Å². The molecule has 0 fully saturated rings. The van der Waals surface area contributed by atoms with Gasteiger partial charge in [-0.05, 0) is 29.3 Å². The van der Waals surface area contributed by atoms with Crippen molar-refractivity contribution in [3.05, 3.63) is 77.6 Å². The summed E-state index contributed by atoms with van der Waals surface area (Å²) in [6.45, 7) is 2.07. The number of ether oxygens (including phenoxy) is 2. The van der Waals surface area contributed by atoms with Crippen LogP contribution < -0.4 is 14.8 Å². The molecule has 8 heteroatoms. The molecule has 1 heterocycles. The normalized spacial score (nSPS) is 10.9. The highest BCUT2D eigenvalue weighted by atomic mass is 127. The lowest BCUT2D eigenvalue weighted by molar-refractivity contribution is 0.382. The molecule has 166 valence electrons. The van der Waals surface area contributed by atoms with Gasteiger partial charge < -0.3 is 19.7 Å². The zero-order valence-corrected chi connectivity index (χ0v) is 20.7. The minimum Gasteiger partial charge on any atom is -0.497 e. The van der Waals surface area contributed by atoms with Gasteiger partial charge in [-0.25, -0.2) is 0 Å². The van der Waals surface area contributed by atoms with Gasteiger partial charge in [0.25, 0.3) is 0 Å². The Hall–Kier alpha value is -2.75. The number of halogens is 1. The summed E-state index contributed by atoms with van der Waals surface area (Å²) in [7, 11) is 7.12. The van der Waals surface area contributed by atoms with Crippen molar-refractivity contribution in [2.75, 3.05) is 28.3 Å². The van der Waals surface area contributed by atoms with Gasteiger partial charge in [0, 0.05) is 51.2 Å². The third-order valence-corrected chi connectivity index (χ3v) is 4.92. The second-order valence-corrected chi connectivity index (χ2v) is 6.91. The Balaban J connectivity index is 0.00000341. The Kier molecular flexibility index (Phi) is 9.64. The molecule has 0 unspecified atom stereocenters. The van der Waals surface area contributed by atoms with E-state index in [0.29, 0.717) is 13.1 Å². The fourth-order valence-corrected chi connectivity index (χ4v) is 3.32. The van der Waals surface area contributed by atoms with Crippen LogP contribution >= 0.6 is 24.0 Å². The lowest BCUT2D eigenvalue weighted by atomic mass is 10.1. The first-order valence-electron chi connectivity index (χ1n) is 9.81. The van der Waals surface area contributed by atoms with E-state index in [-0.39, 0.29) is 24.0 Å². The van der Waals surface area contributed by atoms with Crippen LogP contribution in [0.5, 0.6) is 11.5 Å². The van der Waals surface area contributed by atoms with Crippen molar-refractivity contribution in [1.29, 1.82) is 0 Å². The Bertz CT molecular complexity index is 976. The predicted molar refractivity (Wildman–Crippen MR) is 134 cm³/mol. The van der Waals surface area contributed by atoms with Crippen molar-refractivity contribution in [2.45, 2.75) is 19.6 Å². The van der Waals surface area contributed by atoms with Crippen molar-refractivity contribution in [3.63, 3.8) is 0 Å². The van der Waals surface area contributed by atoms with Gasteiger partial charge in [0.05, 0.1) is 20.8 Å². The first kappa shape index (κ1) is 24.5. The number of aliphatic imine (C=N–C) groups is 1. The number of methoxy groups -OCH3 is 2. The van der Waals surface area contributed by atoms with Gasteiger partial charge in [0.2, 0.25) is 0 Å². The molecule has 2 aromatic carbocycles. The molecule has 0 aliphatic carbocycles. The molecule has 3 aromatic rings. The van der Waals surface area contributed by atoms with Crippen molar-refractivity contribution in [3.8, 4) is 11.5 Å². The Morgan fingerprint density at radius 3 is 2.48 bits per heavy atom. The molecule has 0 aliphatic rings. The molecule has 0 saturated carbocycles. The van der Waals surface area contributed by atoms with Crippen LogP contribution in [0.3, 0.4) is 0 Å². The first-order chi connectivity index (χ1) is 14.6. The van der Waals surface area contributed by atoms with E-state index in [4.69, 9.17) is 9.47 Å². The Morgan fingerprint density at radius 1 is 1.06 bits per heavy atom. The van der Waals surface area contributed by atoms with Crippen molar-refractivity contribution in [1.82, 2.24) is 20.0 Å². The molecule has 3 rings (SSSR count). The highest BCUT2D eigenvalue weighted by Crippen LogP contribution is 2.25. The van der Waals surface area contributed by atoms with E-state index in [1.807, 2.05) is 42.2 Å². The molecule has 0 bridgehead atoms. The summed E-state index contributed by atoms with van der Waals surface area (Å²) in [6.07, 6.45) is 3.77. The quantitative estimate of drug-likeness (QED) is 0.270. The third-order valence-electron chi connectivity index (χ3n) is 4.92. The summed E-state index contributed by atoms with van der Waals surface area (Å²) in [6, 6.07) is 16.2. The van der Waals surface area contributed by atoms with Crippen LogP contribution in [0.2, 0.25) is 0 Å². The molecule has 1 N–H and O–H groups in total. The topological polar surface area (TPSA) is 63.9 Å². The van der Waals surface area contributed by atoms with Crippen LogP contribution in [0.4, 0.5) is 0 Å². The van der Waals surface area contributed by atoms with E-state index < -0.39 is 0 Å². The van der Waals surface area contributed by atoms with Crippen LogP contribution in [-0.4, -0.2) is 49.0 Å². The first-order valence-corrected chi connectivity index (χ1v) is 9.81. The van der Waals surface area contributed by atoms with Crippen molar-refractivity contribution in [2.24, 2.45) is 4.99 Å². The highest BCUT2D eigenvalue weighted by molar-refractivity contribution is 14.0. The molecule has 0 spiro atoms. The van der Waals surface area contributed by atoms with Crippen LogP contribution in [0.15, 0.2) is 65.9 Å². The fourth-order valence-electron chi connectivity index (χ4n) is 3.32. The highest BCUT2D eigenvalue weighted by Gasteiger charge is 2.12. The third kappa shape index (κ3) is 6.61. The number of nitrogens with one attached hydrogen (secondary N) is 1. The smallest absolute Gasteiger partial charge is 0.193 e. The maximum Gasteiger partial charge on any atom is 0.193 e. The largest absolute Gasteiger partial charge is 0.497 e. The predicted octanol–water partition coefficient (Wildman–Crippen LogP) is 3.77. The molecule has 1 aromatic heterocycles. The molecule has 0 aliphatic heterocycles. The van der Waals surface area contributed by atoms with Crippen molar-refractivity contribution < 1.29 is 9.47 Å². The summed E-state index contributed by atoms with van der Waals surface area (Å²) < 4.78 is 12.7. The Labute approximate surface area is 201 Å². The molecule has 7 nitrogen and oxygen atoms in total. The molecule has 31 heavy (non-hydrogen) atoms. The van der Waals surface area contributed by atoms with E-state index in [2.05, 4.69) is 44.6 Å². The molecule has 0 amide bonds. The molecule has 0 saturated heterocycles. The second-order valence-electron chi connectivity index (χ2n) is 6.91. The SMILES string of the molecule is CN=C(NCc1ccccc1Cn1cccn1)N(C)Cc1ccc(OC)cc1OC.I. The number of nitrogens with zero attached hydrogens (tertiary/aromatic N) is 4. The lowest BCUT2D eigenvalue weighted by Gasteiger charge is -2.24. The standard InChI is InChI=1S/C23H29N5O2.HI/c1-24-23(27(2)16-20-10-11-21(29-3)14-22(20)30-4)25-15-18-8-5-6-9-19(18)17-28-13-7-12-26-28;/h5-14H,15-17H2,1-4H3,(H,24,25);1H. The maximum atomic E-state index is 5.52. The minimum atomic E-state index is 0. The second kappa shape index (κ2) is 12.2. The van der Waals surface area contributed by atoms with E-state index in [1.165, 1.54) is 11.1 Å². The van der Waals surface area contributed by atoms with Gasteiger partial charge >= 0.3 is 0 Å². The van der Waals surface area contributed by atoms with Crippen molar-refractivity contribution >= 4 is 29.9 Å². The van der Waals surface area contributed by atoms with Gasteiger partial charge in [-0.3, -0.25) is 9.67 Å². The summed E-state index contributed by atoms with van der Waals surface area (Å²) in [5, 5.41) is 7.78. The number of hydrogen-bond donors (Lipinski definition) is 1. The number of rotatable bonds is 8. The van der Waals surface area contributed by atoms with Crippen LogP contribution in [0, 0.1) is 0 Å². The summed E-state index contributed by atoms with van der Waals surface area (Å²) >= 11 is 0. The van der Waals surface area contributed by atoms with Gasteiger partial charge in [0.1, 0.15) is 11.5 Å². The van der Waals surface area contributed by atoms with Gasteiger partial charge in [-0.15, -0.1) is 24.0 Å². The molecule has 0 atom stereocenters. The molecular formula is C23H30IN5O2. The monoisotopic (exact) mass is 535 g/mol. The maximum absolute atomic E-state index is 5.52. The average molecular weight is 535 g/mol. The van der Waals surface area contributed by atoms with Gasteiger partial charge in [-0.2, -0.15) is 5.10 Å². The van der Waals surface area contributed by atoms with E-state index in [0.717, 1.165) is 29.6 Å². The van der Waals surface area contributed by atoms with Gasteiger partial charge in [-0.1, -0.05) is 24.3 Å². The van der Waals surface area contributed by atoms with Crippen LogP contribution in [0.25, 0.3) is 0 Å². The number of guanidine groups is 1. The zero-order valence-electron chi connectivity index (χ0n) is 18.4. The fraction of sp³-hybridized carbons (Fsp3) is 0.304. The number of hydrogen-bond acceptors (Lipinski definition) is 4. The number of benzene rings is 2. The summed E-state index contributed by atoms with van der Waals surface area (Å²) in [5.41, 5.74) is 3.50. The molecule has 0 radical (unpaired) electrons. The minimum absolute atomic E-state index is 0. The summed E-state index contributed by atoms with van der Waals surface area (Å²) in [4.78, 5) is 6.51. The lowest BCUT2D eigenvalue weighted by Crippen LogP contribution is -2.38. The van der Waals surface area contributed by atoms with E-state index >= 15 is 0 Å². The zero-order chi connectivity index (χ0) is 21.3. The van der Waals surface area contributed by atoms with E-state index in [1.54, 1.807) is 27.5 Å². The average Bonchev–Trinajstić information content (AvgIpc) is 3.28. The summed E-state index contributed by atoms with van der Waals surface area (Å²) in [5.74, 6) is 2.37. The van der Waals surface area contributed by atoms with Crippen LogP contribution in [0.1, 0.15) is 16.7 Å². The molecular weight excluding hydrogens is 505 g/mol. The Morgan fingerprint density at radius 2 is 1.84 bits per heavy atom. The number of aromatic nitrogens is 2. The van der Waals surface area contributed by atoms with Gasteiger partial charge in [0.15, 0.2) is 5.96 Å².